The molecule has 0 aliphatic carbocycles. The molecular formula is C3H6CoN2O7. The number of rotatable bonds is 0. The van der Waals surface area contributed by atoms with Gasteiger partial charge in [0.1, 0.15) is 5.78 Å². The molecule has 0 aliphatic rings. The molecular weight excluding hydrogens is 235 g/mol. The monoisotopic (exact) mass is 241 g/mol. The first-order valence-corrected chi connectivity index (χ1v) is 2.30. The van der Waals surface area contributed by atoms with Crippen LogP contribution in [0.1, 0.15) is 13.8 Å². The maximum atomic E-state index is 9.44. The van der Waals surface area contributed by atoms with Crippen LogP contribution in [0.5, 0.6) is 0 Å². The largest absolute Gasteiger partial charge is 2.00 e. The zero-order chi connectivity index (χ0) is 10.7. The zero-order valence-corrected chi connectivity index (χ0v) is 7.63. The maximum absolute atomic E-state index is 9.44. The zero-order valence-electron chi connectivity index (χ0n) is 6.59. The molecule has 0 aromatic rings. The molecule has 0 rings (SSSR count). The summed E-state index contributed by atoms with van der Waals surface area (Å²) in [4.78, 5) is 25.9. The first-order chi connectivity index (χ1) is 5.20. The molecule has 9 nitrogen and oxygen atoms in total. The third-order valence-corrected chi connectivity index (χ3v) is 0. The molecule has 0 aliphatic heterocycles. The summed E-state index contributed by atoms with van der Waals surface area (Å²) in [6.45, 7) is 3.06. The number of carbonyl (C=O) groups excluding carboxylic acids is 1. The Morgan fingerprint density at radius 1 is 0.923 bits per heavy atom. The van der Waals surface area contributed by atoms with Gasteiger partial charge in [0, 0.05) is 0 Å². The molecule has 0 fully saturated rings. The van der Waals surface area contributed by atoms with E-state index < -0.39 is 10.2 Å². The summed E-state index contributed by atoms with van der Waals surface area (Å²) in [5, 5.41) is 29.5. The van der Waals surface area contributed by atoms with Crippen molar-refractivity contribution in [3.8, 4) is 0 Å². The average Bonchev–Trinajstić information content (AvgIpc) is 1.54. The average molecular weight is 241 g/mol. The number of ketones is 1. The van der Waals surface area contributed by atoms with Crippen LogP contribution in [0.15, 0.2) is 0 Å². The Morgan fingerprint density at radius 3 is 0.923 bits per heavy atom. The SMILES string of the molecule is CC(C)=O.O=[N+]([O-])[O-].O=[N+]([O-])[O-].[Co+2]. The first-order valence-electron chi connectivity index (χ1n) is 2.30. The van der Waals surface area contributed by atoms with Gasteiger partial charge in [0.05, 0.1) is 10.2 Å². The van der Waals surface area contributed by atoms with Crippen LogP contribution in [0.4, 0.5) is 0 Å². The second kappa shape index (κ2) is 16.9. The van der Waals surface area contributed by atoms with E-state index >= 15 is 0 Å². The van der Waals surface area contributed by atoms with Crippen LogP contribution in [0.2, 0.25) is 0 Å². The van der Waals surface area contributed by atoms with E-state index in [1.165, 1.54) is 13.8 Å². The summed E-state index contributed by atoms with van der Waals surface area (Å²) in [5.74, 6) is 0.167. The fourth-order valence-electron chi connectivity index (χ4n) is 0. The number of carbonyl (C=O) groups is 1. The first kappa shape index (κ1) is 22.6. The molecule has 0 saturated carbocycles. The molecule has 0 unspecified atom stereocenters. The van der Waals surface area contributed by atoms with Crippen LogP contribution in [-0.4, -0.2) is 16.0 Å². The van der Waals surface area contributed by atoms with Crippen molar-refractivity contribution in [2.24, 2.45) is 0 Å². The van der Waals surface area contributed by atoms with E-state index in [1.807, 2.05) is 0 Å². The van der Waals surface area contributed by atoms with Gasteiger partial charge in [-0.25, -0.2) is 0 Å². The number of Topliss-reactive ketones (excluding diaryl/α,β-unsaturated/α-hetero) is 1. The summed E-state index contributed by atoms with van der Waals surface area (Å²) in [6, 6.07) is 0. The van der Waals surface area contributed by atoms with E-state index in [9.17, 15) is 4.79 Å². The Kier molecular flexibility index (Phi) is 29.3. The van der Waals surface area contributed by atoms with Crippen molar-refractivity contribution in [3.05, 3.63) is 30.6 Å². The third-order valence-electron chi connectivity index (χ3n) is 0. The minimum atomic E-state index is -1.75. The third kappa shape index (κ3) is 384. The van der Waals surface area contributed by atoms with E-state index in [4.69, 9.17) is 30.6 Å². The molecule has 0 atom stereocenters. The van der Waals surface area contributed by atoms with Gasteiger partial charge in [0.2, 0.25) is 0 Å². The van der Waals surface area contributed by atoms with Gasteiger partial charge >= 0.3 is 16.8 Å². The van der Waals surface area contributed by atoms with Crippen molar-refractivity contribution in [3.63, 3.8) is 0 Å². The smallest absolute Gasteiger partial charge is 0.356 e. The van der Waals surface area contributed by atoms with Crippen molar-refractivity contribution in [2.45, 2.75) is 13.8 Å². The van der Waals surface area contributed by atoms with E-state index in [0.717, 1.165) is 0 Å². The minimum absolute atomic E-state index is 0. The fraction of sp³-hybridized carbons (Fsp3) is 0.667. The van der Waals surface area contributed by atoms with Crippen molar-refractivity contribution < 1.29 is 31.7 Å². The van der Waals surface area contributed by atoms with Gasteiger partial charge in [-0.15, -0.1) is 0 Å². The topological polar surface area (TPSA) is 149 Å². The quantitative estimate of drug-likeness (QED) is 0.431. The molecule has 10 heteroatoms. The van der Waals surface area contributed by atoms with Crippen molar-refractivity contribution in [1.29, 1.82) is 0 Å². The molecule has 0 N–H and O–H groups in total. The van der Waals surface area contributed by atoms with E-state index in [1.54, 1.807) is 0 Å². The van der Waals surface area contributed by atoms with Gasteiger partial charge in [0.15, 0.2) is 0 Å². The summed E-state index contributed by atoms with van der Waals surface area (Å²) in [5.41, 5.74) is 0. The molecule has 13 heavy (non-hydrogen) atoms. The van der Waals surface area contributed by atoms with Crippen LogP contribution in [-0.2, 0) is 21.6 Å². The molecule has 0 spiro atoms. The molecule has 0 aromatic carbocycles. The molecule has 1 radical (unpaired) electrons. The van der Waals surface area contributed by atoms with Crippen molar-refractivity contribution >= 4 is 5.78 Å². The standard InChI is InChI=1S/C3H6O.Co.2NO3/c1-3(2)4;;2*2-1(3)4/h1-2H3;;;/q;+2;2*-1. The summed E-state index contributed by atoms with van der Waals surface area (Å²) in [7, 11) is 0. The Balaban J connectivity index is -0.0000000450. The van der Waals surface area contributed by atoms with E-state index in [-0.39, 0.29) is 22.6 Å². The predicted molar refractivity (Wildman–Crippen MR) is 37.1 cm³/mol. The molecule has 79 valence electrons. The van der Waals surface area contributed by atoms with Gasteiger partial charge in [-0.2, -0.15) is 0 Å². The van der Waals surface area contributed by atoms with Crippen LogP contribution in [0.25, 0.3) is 0 Å². The Hall–Kier alpha value is -1.42. The van der Waals surface area contributed by atoms with Crippen LogP contribution >= 0.6 is 0 Å². The number of hydrogen-bond donors (Lipinski definition) is 0. The normalized spacial score (nSPS) is 5.69. The van der Waals surface area contributed by atoms with Gasteiger partial charge < -0.3 is 35.4 Å². The van der Waals surface area contributed by atoms with E-state index in [2.05, 4.69) is 0 Å². The van der Waals surface area contributed by atoms with Crippen LogP contribution < -0.4 is 0 Å². The Morgan fingerprint density at radius 2 is 0.923 bits per heavy atom. The summed E-state index contributed by atoms with van der Waals surface area (Å²) in [6.07, 6.45) is 0. The molecule has 0 aromatic heterocycles. The fourth-order valence-corrected chi connectivity index (χ4v) is 0. The summed E-state index contributed by atoms with van der Waals surface area (Å²) >= 11 is 0. The Bertz CT molecular complexity index is 119. The van der Waals surface area contributed by atoms with Crippen LogP contribution in [0.3, 0.4) is 0 Å². The molecule has 0 bridgehead atoms. The Labute approximate surface area is 82.8 Å². The van der Waals surface area contributed by atoms with Gasteiger partial charge in [-0.3, -0.25) is 0 Å². The van der Waals surface area contributed by atoms with Gasteiger partial charge in [-0.05, 0) is 13.8 Å². The predicted octanol–water partition coefficient (Wildman–Crippen LogP) is 0.115. The second-order valence-corrected chi connectivity index (χ2v) is 1.36. The second-order valence-electron chi connectivity index (χ2n) is 1.36. The number of nitrogens with zero attached hydrogens (tertiary/aromatic N) is 2. The number of hydrogen-bond acceptors (Lipinski definition) is 7. The molecule has 0 amide bonds. The van der Waals surface area contributed by atoms with Gasteiger partial charge in [0.25, 0.3) is 0 Å². The summed E-state index contributed by atoms with van der Waals surface area (Å²) < 4.78 is 0. The maximum Gasteiger partial charge on any atom is 2.00 e. The minimum Gasteiger partial charge on any atom is -0.356 e. The molecule has 0 saturated heterocycles. The van der Waals surface area contributed by atoms with Crippen molar-refractivity contribution in [2.75, 3.05) is 0 Å². The van der Waals surface area contributed by atoms with Crippen molar-refractivity contribution in [1.82, 2.24) is 0 Å². The van der Waals surface area contributed by atoms with Crippen LogP contribution in [0, 0.1) is 30.6 Å². The molecule has 0 heterocycles. The van der Waals surface area contributed by atoms with Gasteiger partial charge in [-0.1, -0.05) is 0 Å². The van der Waals surface area contributed by atoms with E-state index in [0.29, 0.717) is 0 Å².